The fourth-order valence-corrected chi connectivity index (χ4v) is 6.57. The second kappa shape index (κ2) is 11.9. The number of morpholine rings is 1. The van der Waals surface area contributed by atoms with Crippen molar-refractivity contribution in [2.24, 2.45) is 5.92 Å². The van der Waals surface area contributed by atoms with Crippen LogP contribution < -0.4 is 0 Å². The van der Waals surface area contributed by atoms with Gasteiger partial charge in [0.1, 0.15) is 0 Å². The molecule has 3 aliphatic rings. The van der Waals surface area contributed by atoms with Crippen molar-refractivity contribution in [3.63, 3.8) is 0 Å². The van der Waals surface area contributed by atoms with Gasteiger partial charge < -0.3 is 19.5 Å². The lowest BCUT2D eigenvalue weighted by Gasteiger charge is -2.31. The number of ether oxygens (including phenoxy) is 1. The van der Waals surface area contributed by atoms with Gasteiger partial charge in [-0.3, -0.25) is 9.59 Å². The van der Waals surface area contributed by atoms with E-state index in [1.54, 1.807) is 6.33 Å². The predicted octanol–water partition coefficient (Wildman–Crippen LogP) is 5.23. The Balaban J connectivity index is 0.00000308. The molecule has 2 saturated heterocycles. The molecule has 2 fully saturated rings. The number of aromatic amines is 1. The Hall–Kier alpha value is -2.58. The largest absolute Gasteiger partial charge is 0.378 e. The third-order valence-corrected chi connectivity index (χ3v) is 8.79. The third-order valence-electron chi connectivity index (χ3n) is 8.11. The lowest BCUT2D eigenvalue weighted by atomic mass is 9.94. The van der Waals surface area contributed by atoms with E-state index in [1.165, 1.54) is 5.69 Å². The highest BCUT2D eigenvalue weighted by molar-refractivity contribution is 6.36. The zero-order valence-electron chi connectivity index (χ0n) is 21.5. The number of hydrogen-bond donors (Lipinski definition) is 1. The number of fused-ring (bicyclic) bond motifs is 1. The number of H-pyrrole nitrogens is 1. The maximum atomic E-state index is 13.3. The summed E-state index contributed by atoms with van der Waals surface area (Å²) < 4.78 is 5.34. The van der Waals surface area contributed by atoms with Gasteiger partial charge in [-0.1, -0.05) is 35.3 Å². The van der Waals surface area contributed by atoms with Gasteiger partial charge in [0.2, 0.25) is 5.91 Å². The monoisotopic (exact) mass is 588 g/mol. The normalized spacial score (nSPS) is 21.0. The summed E-state index contributed by atoms with van der Waals surface area (Å²) in [5.41, 5.74) is 5.55. The van der Waals surface area contributed by atoms with E-state index in [4.69, 9.17) is 27.9 Å². The lowest BCUT2D eigenvalue weighted by Crippen LogP contribution is -2.41. The summed E-state index contributed by atoms with van der Waals surface area (Å²) in [4.78, 5) is 37.6. The molecule has 0 bridgehead atoms. The van der Waals surface area contributed by atoms with E-state index in [9.17, 15) is 9.59 Å². The fraction of sp³-hybridized carbons (Fsp3) is 0.414. The molecular formula is C29H31Cl3N4O3. The van der Waals surface area contributed by atoms with Gasteiger partial charge in [-0.05, 0) is 66.6 Å². The van der Waals surface area contributed by atoms with Gasteiger partial charge in [-0.15, -0.1) is 12.4 Å². The predicted molar refractivity (Wildman–Crippen MR) is 154 cm³/mol. The number of nitrogens with one attached hydrogen (secondary N) is 1. The molecular weight excluding hydrogens is 559 g/mol. The molecule has 206 valence electrons. The number of carbonyl (C=O) groups is 2. The summed E-state index contributed by atoms with van der Waals surface area (Å²) in [7, 11) is 0. The van der Waals surface area contributed by atoms with Crippen LogP contribution in [-0.4, -0.2) is 70.5 Å². The number of carbonyl (C=O) groups excluding carboxylic acids is 2. The number of halogens is 3. The molecule has 39 heavy (non-hydrogen) atoms. The zero-order valence-corrected chi connectivity index (χ0v) is 23.8. The Labute approximate surface area is 244 Å². The first-order chi connectivity index (χ1) is 18.5. The number of rotatable bonds is 5. The molecule has 3 heterocycles. The third kappa shape index (κ3) is 5.68. The number of benzene rings is 2. The van der Waals surface area contributed by atoms with Crippen molar-refractivity contribution in [2.45, 2.75) is 38.1 Å². The van der Waals surface area contributed by atoms with Crippen molar-refractivity contribution in [1.29, 1.82) is 0 Å². The number of aromatic nitrogens is 2. The number of amides is 2. The van der Waals surface area contributed by atoms with Gasteiger partial charge in [-0.25, -0.2) is 4.98 Å². The molecule has 2 aromatic carbocycles. The Morgan fingerprint density at radius 3 is 2.46 bits per heavy atom. The quantitative estimate of drug-likeness (QED) is 0.442. The van der Waals surface area contributed by atoms with Crippen LogP contribution in [0.5, 0.6) is 0 Å². The number of nitrogens with zero attached hydrogens (tertiary/aromatic N) is 3. The first kappa shape index (κ1) is 28.0. The van der Waals surface area contributed by atoms with Gasteiger partial charge >= 0.3 is 0 Å². The lowest BCUT2D eigenvalue weighted by molar-refractivity contribution is -0.133. The van der Waals surface area contributed by atoms with E-state index in [-0.39, 0.29) is 36.2 Å². The van der Waals surface area contributed by atoms with E-state index in [2.05, 4.69) is 9.97 Å². The van der Waals surface area contributed by atoms with Gasteiger partial charge in [-0.2, -0.15) is 0 Å². The van der Waals surface area contributed by atoms with Crippen LogP contribution >= 0.6 is 35.6 Å². The molecule has 2 aliphatic heterocycles. The summed E-state index contributed by atoms with van der Waals surface area (Å²) in [6.07, 6.45) is 5.77. The highest BCUT2D eigenvalue weighted by atomic mass is 35.5. The standard InChI is InChI=1S/C29H30Cl2N4O3.ClH/c30-24-14-21(18-1-3-19(4-2-18)28(36)34-9-11-38-12-10-34)15-25(31)23(24)13-20-7-8-35(29(20)37)22-5-6-26-27(16-22)33-17-32-26;/h1-4,14-15,17,20,22H,5-13,16H2,(H,32,33);1H/t20-,22?;/m0./s1. The van der Waals surface area contributed by atoms with Gasteiger partial charge in [0.25, 0.3) is 5.91 Å². The van der Waals surface area contributed by atoms with Gasteiger partial charge in [0.05, 0.1) is 25.2 Å². The van der Waals surface area contributed by atoms with E-state index in [0.717, 1.165) is 54.6 Å². The van der Waals surface area contributed by atoms with Crippen molar-refractivity contribution >= 4 is 47.4 Å². The molecule has 2 amide bonds. The minimum Gasteiger partial charge on any atom is -0.378 e. The zero-order chi connectivity index (χ0) is 26.2. The van der Waals surface area contributed by atoms with Crippen molar-refractivity contribution in [1.82, 2.24) is 19.8 Å². The topological polar surface area (TPSA) is 78.5 Å². The highest BCUT2D eigenvalue weighted by Crippen LogP contribution is 2.36. The molecule has 0 spiro atoms. The van der Waals surface area contributed by atoms with Crippen molar-refractivity contribution in [3.8, 4) is 11.1 Å². The molecule has 10 heteroatoms. The minimum atomic E-state index is -0.123. The van der Waals surface area contributed by atoms with Gasteiger partial charge in [0, 0.05) is 59.3 Å². The Bertz CT molecular complexity index is 1330. The van der Waals surface area contributed by atoms with Crippen LogP contribution in [0.3, 0.4) is 0 Å². The van der Waals surface area contributed by atoms with E-state index in [0.29, 0.717) is 48.3 Å². The van der Waals surface area contributed by atoms with Gasteiger partial charge in [0.15, 0.2) is 0 Å². The summed E-state index contributed by atoms with van der Waals surface area (Å²) in [5.74, 6) is 0.0761. The summed E-state index contributed by atoms with van der Waals surface area (Å²) in [6, 6.07) is 11.5. The molecule has 3 aromatic rings. The van der Waals surface area contributed by atoms with Crippen LogP contribution in [0, 0.1) is 5.92 Å². The summed E-state index contributed by atoms with van der Waals surface area (Å²) in [5, 5.41) is 1.12. The van der Waals surface area contributed by atoms with Crippen molar-refractivity contribution in [2.75, 3.05) is 32.8 Å². The second-order valence-corrected chi connectivity index (χ2v) is 11.2. The first-order valence-corrected chi connectivity index (χ1v) is 14.0. The van der Waals surface area contributed by atoms with Crippen LogP contribution in [0.15, 0.2) is 42.7 Å². The van der Waals surface area contributed by atoms with Crippen LogP contribution in [0.2, 0.25) is 10.0 Å². The molecule has 1 aromatic heterocycles. The molecule has 7 nitrogen and oxygen atoms in total. The Morgan fingerprint density at radius 1 is 1.03 bits per heavy atom. The number of imidazole rings is 1. The molecule has 0 radical (unpaired) electrons. The van der Waals surface area contributed by atoms with Crippen LogP contribution in [-0.2, 0) is 28.8 Å². The maximum absolute atomic E-state index is 13.3. The van der Waals surface area contributed by atoms with E-state index >= 15 is 0 Å². The van der Waals surface area contributed by atoms with E-state index in [1.807, 2.05) is 46.2 Å². The SMILES string of the molecule is Cl.O=C(c1ccc(-c2cc(Cl)c(C[C@@H]3CCN(C4CCc5[nH]cnc5C4)C3=O)c(Cl)c2)cc1)N1CCOCC1. The van der Waals surface area contributed by atoms with Crippen molar-refractivity contribution < 1.29 is 14.3 Å². The first-order valence-electron chi connectivity index (χ1n) is 13.2. The number of likely N-dealkylation sites (tertiary alicyclic amines) is 1. The smallest absolute Gasteiger partial charge is 0.254 e. The Kier molecular flexibility index (Phi) is 8.52. The molecule has 0 saturated carbocycles. The highest BCUT2D eigenvalue weighted by Gasteiger charge is 2.38. The number of hydrogen-bond acceptors (Lipinski definition) is 4. The van der Waals surface area contributed by atoms with Crippen molar-refractivity contribution in [3.05, 3.63) is 75.3 Å². The molecule has 6 rings (SSSR count). The van der Waals surface area contributed by atoms with Crippen LogP contribution in [0.4, 0.5) is 0 Å². The second-order valence-electron chi connectivity index (χ2n) is 10.3. The minimum absolute atomic E-state index is 0. The summed E-state index contributed by atoms with van der Waals surface area (Å²) >= 11 is 13.5. The van der Waals surface area contributed by atoms with E-state index < -0.39 is 0 Å². The average Bonchev–Trinajstić information content (AvgIpc) is 3.56. The number of aryl methyl sites for hydroxylation is 1. The average molecular weight is 590 g/mol. The molecule has 1 unspecified atom stereocenters. The molecule has 2 atom stereocenters. The van der Waals surface area contributed by atoms with Crippen LogP contribution in [0.25, 0.3) is 11.1 Å². The van der Waals surface area contributed by atoms with Crippen LogP contribution in [0.1, 0.15) is 40.2 Å². The maximum Gasteiger partial charge on any atom is 0.254 e. The molecule has 1 N–H and O–H groups in total. The Morgan fingerprint density at radius 2 is 1.74 bits per heavy atom. The molecule has 1 aliphatic carbocycles. The summed E-state index contributed by atoms with van der Waals surface area (Å²) in [6.45, 7) is 3.13. The fourth-order valence-electron chi connectivity index (χ4n) is 5.92.